The van der Waals surface area contributed by atoms with Gasteiger partial charge in [-0.25, -0.2) is 0 Å². The lowest BCUT2D eigenvalue weighted by Gasteiger charge is -2.08. The number of carbonyl (C=O) groups is 1. The lowest BCUT2D eigenvalue weighted by molar-refractivity contribution is -0.115. The van der Waals surface area contributed by atoms with Gasteiger partial charge in [-0.2, -0.15) is 0 Å². The summed E-state index contributed by atoms with van der Waals surface area (Å²) in [6, 6.07) is 15.7. The number of amides is 1. The molecule has 0 atom stereocenters. The molecule has 0 saturated heterocycles. The normalized spacial score (nSPS) is 10.5. The van der Waals surface area contributed by atoms with E-state index in [4.69, 9.17) is 12.2 Å². The molecule has 0 radical (unpaired) electrons. The standard InChI is InChI=1S/C18H18N2OS/c1-13-6-8-15(9-7-13)10-11-17(21)20-18(22)19-16-5-3-4-14(2)12-16/h3-12H,1-2H3,(H2,19,20,21,22). The molecule has 3 nitrogen and oxygen atoms in total. The van der Waals surface area contributed by atoms with Crippen LogP contribution in [0, 0.1) is 13.8 Å². The highest BCUT2D eigenvalue weighted by atomic mass is 32.1. The molecule has 1 amide bonds. The second-order valence-electron chi connectivity index (χ2n) is 5.06. The lowest BCUT2D eigenvalue weighted by Crippen LogP contribution is -2.32. The van der Waals surface area contributed by atoms with E-state index < -0.39 is 0 Å². The summed E-state index contributed by atoms with van der Waals surface area (Å²) in [6.07, 6.45) is 3.22. The van der Waals surface area contributed by atoms with Crippen LogP contribution in [0.2, 0.25) is 0 Å². The van der Waals surface area contributed by atoms with Crippen molar-refractivity contribution in [2.75, 3.05) is 5.32 Å². The predicted octanol–water partition coefficient (Wildman–Crippen LogP) is 3.83. The molecule has 0 heterocycles. The first-order valence-electron chi connectivity index (χ1n) is 6.96. The van der Waals surface area contributed by atoms with Crippen molar-refractivity contribution in [3.63, 3.8) is 0 Å². The van der Waals surface area contributed by atoms with Crippen LogP contribution in [-0.2, 0) is 4.79 Å². The molecule has 0 unspecified atom stereocenters. The zero-order valence-corrected chi connectivity index (χ0v) is 13.4. The molecule has 0 saturated carbocycles. The van der Waals surface area contributed by atoms with Gasteiger partial charge in [0, 0.05) is 11.8 Å². The van der Waals surface area contributed by atoms with E-state index in [1.54, 1.807) is 6.08 Å². The summed E-state index contributed by atoms with van der Waals surface area (Å²) in [5.41, 5.74) is 4.13. The van der Waals surface area contributed by atoms with Gasteiger partial charge in [-0.05, 0) is 55.4 Å². The third kappa shape index (κ3) is 5.14. The summed E-state index contributed by atoms with van der Waals surface area (Å²) in [5.74, 6) is -0.259. The van der Waals surface area contributed by atoms with Crippen LogP contribution >= 0.6 is 12.2 Å². The minimum Gasteiger partial charge on any atom is -0.332 e. The highest BCUT2D eigenvalue weighted by molar-refractivity contribution is 7.80. The number of benzene rings is 2. The Labute approximate surface area is 136 Å². The number of nitrogens with one attached hydrogen (secondary N) is 2. The van der Waals surface area contributed by atoms with Crippen molar-refractivity contribution in [2.24, 2.45) is 0 Å². The fourth-order valence-corrected chi connectivity index (χ4v) is 2.11. The summed E-state index contributed by atoms with van der Waals surface area (Å²) in [6.45, 7) is 4.02. The molecule has 0 aliphatic carbocycles. The van der Waals surface area contributed by atoms with Gasteiger partial charge in [0.25, 0.3) is 0 Å². The van der Waals surface area contributed by atoms with E-state index >= 15 is 0 Å². The minimum atomic E-state index is -0.259. The van der Waals surface area contributed by atoms with E-state index in [0.717, 1.165) is 16.8 Å². The van der Waals surface area contributed by atoms with Gasteiger partial charge in [0.05, 0.1) is 0 Å². The van der Waals surface area contributed by atoms with Crippen LogP contribution < -0.4 is 10.6 Å². The van der Waals surface area contributed by atoms with Crippen LogP contribution in [0.1, 0.15) is 16.7 Å². The Bertz CT molecular complexity index is 705. The first-order valence-corrected chi connectivity index (χ1v) is 7.37. The Kier molecular flexibility index (Phi) is 5.44. The Balaban J connectivity index is 1.88. The number of thiocarbonyl (C=S) groups is 1. The lowest BCUT2D eigenvalue weighted by atomic mass is 10.1. The van der Waals surface area contributed by atoms with Gasteiger partial charge in [-0.15, -0.1) is 0 Å². The zero-order valence-electron chi connectivity index (χ0n) is 12.6. The van der Waals surface area contributed by atoms with Gasteiger partial charge < -0.3 is 5.32 Å². The average Bonchev–Trinajstić information content (AvgIpc) is 2.46. The molecule has 22 heavy (non-hydrogen) atoms. The van der Waals surface area contributed by atoms with Gasteiger partial charge >= 0.3 is 0 Å². The third-order valence-electron chi connectivity index (χ3n) is 3.02. The summed E-state index contributed by atoms with van der Waals surface area (Å²) < 4.78 is 0. The zero-order chi connectivity index (χ0) is 15.9. The minimum absolute atomic E-state index is 0.259. The van der Waals surface area contributed by atoms with Gasteiger partial charge in [0.15, 0.2) is 5.11 Å². The van der Waals surface area contributed by atoms with E-state index in [1.807, 2.05) is 62.4 Å². The van der Waals surface area contributed by atoms with E-state index in [2.05, 4.69) is 10.6 Å². The fraction of sp³-hybridized carbons (Fsp3) is 0.111. The van der Waals surface area contributed by atoms with Crippen molar-refractivity contribution in [1.82, 2.24) is 5.32 Å². The molecule has 2 rings (SSSR count). The molecule has 0 bridgehead atoms. The first kappa shape index (κ1) is 15.9. The smallest absolute Gasteiger partial charge is 0.250 e. The fourth-order valence-electron chi connectivity index (χ4n) is 1.89. The Morgan fingerprint density at radius 3 is 2.45 bits per heavy atom. The third-order valence-corrected chi connectivity index (χ3v) is 3.22. The van der Waals surface area contributed by atoms with Gasteiger partial charge in [0.2, 0.25) is 5.91 Å². The van der Waals surface area contributed by atoms with E-state index in [9.17, 15) is 4.79 Å². The molecule has 0 aliphatic heterocycles. The summed E-state index contributed by atoms with van der Waals surface area (Å²) in [7, 11) is 0. The monoisotopic (exact) mass is 310 g/mol. The molecule has 112 valence electrons. The Morgan fingerprint density at radius 2 is 1.77 bits per heavy atom. The van der Waals surface area contributed by atoms with Crippen molar-refractivity contribution in [3.05, 3.63) is 71.3 Å². The number of hydrogen-bond acceptors (Lipinski definition) is 2. The first-order chi connectivity index (χ1) is 10.5. The molecular formula is C18H18N2OS. The summed E-state index contributed by atoms with van der Waals surface area (Å²) in [5, 5.41) is 5.89. The van der Waals surface area contributed by atoms with Crippen LogP contribution in [0.4, 0.5) is 5.69 Å². The second-order valence-corrected chi connectivity index (χ2v) is 5.47. The number of anilines is 1. The molecule has 0 fully saturated rings. The topological polar surface area (TPSA) is 41.1 Å². The maximum absolute atomic E-state index is 11.8. The van der Waals surface area contributed by atoms with Crippen LogP contribution in [0.25, 0.3) is 6.08 Å². The SMILES string of the molecule is Cc1ccc(C=CC(=O)NC(=S)Nc2cccc(C)c2)cc1. The van der Waals surface area contributed by atoms with Crippen LogP contribution in [0.5, 0.6) is 0 Å². The number of aryl methyl sites for hydroxylation is 2. The summed E-state index contributed by atoms with van der Waals surface area (Å²) >= 11 is 5.13. The van der Waals surface area contributed by atoms with Gasteiger partial charge in [-0.1, -0.05) is 42.0 Å². The van der Waals surface area contributed by atoms with E-state index in [0.29, 0.717) is 0 Å². The van der Waals surface area contributed by atoms with E-state index in [1.165, 1.54) is 11.6 Å². The highest BCUT2D eigenvalue weighted by Gasteiger charge is 2.01. The largest absolute Gasteiger partial charge is 0.332 e. The predicted molar refractivity (Wildman–Crippen MR) is 95.8 cm³/mol. The quantitative estimate of drug-likeness (QED) is 0.669. The van der Waals surface area contributed by atoms with Gasteiger partial charge in [-0.3, -0.25) is 10.1 Å². The molecule has 4 heteroatoms. The van der Waals surface area contributed by atoms with Gasteiger partial charge in [0.1, 0.15) is 0 Å². The van der Waals surface area contributed by atoms with Crippen molar-refractivity contribution < 1.29 is 4.79 Å². The Morgan fingerprint density at radius 1 is 1.05 bits per heavy atom. The molecule has 2 N–H and O–H groups in total. The highest BCUT2D eigenvalue weighted by Crippen LogP contribution is 2.09. The Hall–Kier alpha value is -2.46. The number of carbonyl (C=O) groups excluding carboxylic acids is 1. The van der Waals surface area contributed by atoms with Crippen LogP contribution in [0.3, 0.4) is 0 Å². The van der Waals surface area contributed by atoms with Crippen LogP contribution in [0.15, 0.2) is 54.6 Å². The van der Waals surface area contributed by atoms with Crippen LogP contribution in [-0.4, -0.2) is 11.0 Å². The number of rotatable bonds is 3. The van der Waals surface area contributed by atoms with Crippen molar-refractivity contribution in [2.45, 2.75) is 13.8 Å². The molecule has 2 aromatic carbocycles. The summed E-state index contributed by atoms with van der Waals surface area (Å²) in [4.78, 5) is 11.8. The maximum atomic E-state index is 11.8. The molecule has 2 aromatic rings. The molecule has 0 aromatic heterocycles. The van der Waals surface area contributed by atoms with Crippen molar-refractivity contribution in [1.29, 1.82) is 0 Å². The van der Waals surface area contributed by atoms with Crippen molar-refractivity contribution >= 4 is 35.0 Å². The second kappa shape index (κ2) is 7.52. The molecule has 0 aliphatic rings. The van der Waals surface area contributed by atoms with Crippen molar-refractivity contribution in [3.8, 4) is 0 Å². The molecule has 0 spiro atoms. The maximum Gasteiger partial charge on any atom is 0.250 e. The average molecular weight is 310 g/mol. The molecular weight excluding hydrogens is 292 g/mol. The number of hydrogen-bond donors (Lipinski definition) is 2. The van der Waals surface area contributed by atoms with E-state index in [-0.39, 0.29) is 11.0 Å².